The van der Waals surface area contributed by atoms with Crippen molar-refractivity contribution in [2.45, 2.75) is 19.9 Å². The van der Waals surface area contributed by atoms with Crippen LogP contribution in [-0.4, -0.2) is 9.97 Å². The van der Waals surface area contributed by atoms with E-state index in [-0.39, 0.29) is 6.04 Å². The SMILES string of the molecule is Cc1csc(C(C)Nc2nc3cccc(Cl)c3s2)n1. The van der Waals surface area contributed by atoms with Gasteiger partial charge in [-0.05, 0) is 26.0 Å². The monoisotopic (exact) mass is 309 g/mol. The average molecular weight is 310 g/mol. The number of benzene rings is 1. The van der Waals surface area contributed by atoms with Crippen LogP contribution in [0.4, 0.5) is 5.13 Å². The van der Waals surface area contributed by atoms with Crippen LogP contribution in [0.2, 0.25) is 5.02 Å². The van der Waals surface area contributed by atoms with E-state index in [1.807, 2.05) is 25.1 Å². The third-order valence-electron chi connectivity index (χ3n) is 2.71. The summed E-state index contributed by atoms with van der Waals surface area (Å²) in [6, 6.07) is 5.93. The maximum Gasteiger partial charge on any atom is 0.184 e. The van der Waals surface area contributed by atoms with Crippen LogP contribution in [0.3, 0.4) is 0 Å². The van der Waals surface area contributed by atoms with E-state index in [4.69, 9.17) is 11.6 Å². The fraction of sp³-hybridized carbons (Fsp3) is 0.231. The molecule has 3 nitrogen and oxygen atoms in total. The Hall–Kier alpha value is -1.17. The normalized spacial score (nSPS) is 12.8. The van der Waals surface area contributed by atoms with Gasteiger partial charge in [0.1, 0.15) is 5.01 Å². The highest BCUT2D eigenvalue weighted by molar-refractivity contribution is 7.22. The predicted octanol–water partition coefficient (Wildman–Crippen LogP) is 4.89. The number of hydrogen-bond donors (Lipinski definition) is 1. The molecule has 0 aliphatic rings. The van der Waals surface area contributed by atoms with Crippen molar-refractivity contribution in [1.82, 2.24) is 9.97 Å². The molecule has 2 aromatic heterocycles. The second-order valence-corrected chi connectivity index (χ2v) is 6.60. The van der Waals surface area contributed by atoms with Crippen LogP contribution in [0, 0.1) is 6.92 Å². The van der Waals surface area contributed by atoms with Crippen LogP contribution in [0.1, 0.15) is 23.7 Å². The first-order valence-corrected chi connectivity index (χ1v) is 7.94. The Balaban J connectivity index is 1.87. The molecule has 0 saturated carbocycles. The first-order valence-electron chi connectivity index (χ1n) is 5.87. The summed E-state index contributed by atoms with van der Waals surface area (Å²) in [5.74, 6) is 0. The van der Waals surface area contributed by atoms with E-state index in [0.29, 0.717) is 0 Å². The average Bonchev–Trinajstić information content (AvgIpc) is 2.96. The van der Waals surface area contributed by atoms with Crippen molar-refractivity contribution in [3.05, 3.63) is 39.3 Å². The molecule has 0 aliphatic carbocycles. The standard InChI is InChI=1S/C13H12ClN3S2/c1-7-6-18-12(15-7)8(2)16-13-17-10-5-3-4-9(14)11(10)19-13/h3-6,8H,1-2H3,(H,16,17). The van der Waals surface area contributed by atoms with Gasteiger partial charge in [0.25, 0.3) is 0 Å². The molecule has 19 heavy (non-hydrogen) atoms. The molecule has 1 unspecified atom stereocenters. The highest BCUT2D eigenvalue weighted by Gasteiger charge is 2.12. The number of nitrogens with one attached hydrogen (secondary N) is 1. The van der Waals surface area contributed by atoms with Gasteiger partial charge in [0.15, 0.2) is 5.13 Å². The Morgan fingerprint density at radius 3 is 2.84 bits per heavy atom. The maximum atomic E-state index is 6.16. The predicted molar refractivity (Wildman–Crippen MR) is 83.5 cm³/mol. The molecule has 3 aromatic rings. The summed E-state index contributed by atoms with van der Waals surface area (Å²) < 4.78 is 1.02. The van der Waals surface area contributed by atoms with Gasteiger partial charge < -0.3 is 5.32 Å². The molecular weight excluding hydrogens is 298 g/mol. The summed E-state index contributed by atoms with van der Waals surface area (Å²) in [4.78, 5) is 9.03. The number of rotatable bonds is 3. The fourth-order valence-electron chi connectivity index (χ4n) is 1.80. The molecule has 1 aromatic carbocycles. The molecule has 2 heterocycles. The van der Waals surface area contributed by atoms with Crippen LogP contribution < -0.4 is 5.32 Å². The summed E-state index contributed by atoms with van der Waals surface area (Å²) in [5.41, 5.74) is 1.99. The number of fused-ring (bicyclic) bond motifs is 1. The topological polar surface area (TPSA) is 37.8 Å². The van der Waals surface area contributed by atoms with Crippen LogP contribution in [-0.2, 0) is 0 Å². The van der Waals surface area contributed by atoms with E-state index in [9.17, 15) is 0 Å². The second kappa shape index (κ2) is 5.07. The van der Waals surface area contributed by atoms with Crippen molar-refractivity contribution < 1.29 is 0 Å². The summed E-state index contributed by atoms with van der Waals surface area (Å²) in [6.07, 6.45) is 0. The Labute approximate surface area is 124 Å². The molecule has 0 amide bonds. The van der Waals surface area contributed by atoms with Gasteiger partial charge in [0.05, 0.1) is 21.3 Å². The van der Waals surface area contributed by atoms with Gasteiger partial charge in [-0.3, -0.25) is 0 Å². The first-order chi connectivity index (χ1) is 9.13. The van der Waals surface area contributed by atoms with Crippen LogP contribution >= 0.6 is 34.3 Å². The Morgan fingerprint density at radius 2 is 2.16 bits per heavy atom. The van der Waals surface area contributed by atoms with Crippen LogP contribution in [0.25, 0.3) is 10.2 Å². The molecule has 0 radical (unpaired) electrons. The smallest absolute Gasteiger partial charge is 0.184 e. The van der Waals surface area contributed by atoms with Gasteiger partial charge >= 0.3 is 0 Å². The number of aromatic nitrogens is 2. The first kappa shape index (κ1) is 12.8. The molecule has 6 heteroatoms. The minimum Gasteiger partial charge on any atom is -0.353 e. The Bertz CT molecular complexity index is 720. The van der Waals surface area contributed by atoms with Crippen molar-refractivity contribution in [3.8, 4) is 0 Å². The summed E-state index contributed by atoms with van der Waals surface area (Å²) in [6.45, 7) is 4.09. The van der Waals surface area contributed by atoms with E-state index < -0.39 is 0 Å². The zero-order chi connectivity index (χ0) is 13.4. The van der Waals surface area contributed by atoms with Gasteiger partial charge in [0, 0.05) is 11.1 Å². The van der Waals surface area contributed by atoms with Crippen molar-refractivity contribution in [1.29, 1.82) is 0 Å². The number of aryl methyl sites for hydroxylation is 1. The lowest BCUT2D eigenvalue weighted by Gasteiger charge is -2.08. The number of hydrogen-bond acceptors (Lipinski definition) is 5. The number of nitrogens with zero attached hydrogens (tertiary/aromatic N) is 2. The number of halogens is 1. The summed E-state index contributed by atoms with van der Waals surface area (Å²) in [5, 5.41) is 8.14. The molecule has 0 aliphatic heterocycles. The van der Waals surface area contributed by atoms with E-state index in [1.54, 1.807) is 22.7 Å². The van der Waals surface area contributed by atoms with Gasteiger partial charge in [-0.2, -0.15) is 0 Å². The van der Waals surface area contributed by atoms with Crippen molar-refractivity contribution in [2.24, 2.45) is 0 Å². The van der Waals surface area contributed by atoms with E-state index in [0.717, 1.165) is 31.1 Å². The third kappa shape index (κ3) is 2.59. The maximum absolute atomic E-state index is 6.16. The molecule has 1 N–H and O–H groups in total. The highest BCUT2D eigenvalue weighted by atomic mass is 35.5. The molecule has 98 valence electrons. The van der Waals surface area contributed by atoms with Crippen molar-refractivity contribution >= 4 is 49.6 Å². The molecule has 0 spiro atoms. The van der Waals surface area contributed by atoms with Crippen LogP contribution in [0.15, 0.2) is 23.6 Å². The van der Waals surface area contributed by atoms with Crippen molar-refractivity contribution in [2.75, 3.05) is 5.32 Å². The largest absolute Gasteiger partial charge is 0.353 e. The van der Waals surface area contributed by atoms with Crippen LogP contribution in [0.5, 0.6) is 0 Å². The number of thiazole rings is 2. The quantitative estimate of drug-likeness (QED) is 0.748. The minimum absolute atomic E-state index is 0.151. The summed E-state index contributed by atoms with van der Waals surface area (Å²) >= 11 is 9.40. The van der Waals surface area contributed by atoms with Gasteiger partial charge in [-0.25, -0.2) is 9.97 Å². The highest BCUT2D eigenvalue weighted by Crippen LogP contribution is 2.33. The zero-order valence-electron chi connectivity index (χ0n) is 10.5. The lowest BCUT2D eigenvalue weighted by Crippen LogP contribution is -2.05. The van der Waals surface area contributed by atoms with E-state index in [2.05, 4.69) is 27.6 Å². The van der Waals surface area contributed by atoms with E-state index >= 15 is 0 Å². The fourth-order valence-corrected chi connectivity index (χ4v) is 3.84. The van der Waals surface area contributed by atoms with Gasteiger partial charge in [-0.15, -0.1) is 11.3 Å². The Morgan fingerprint density at radius 1 is 1.32 bits per heavy atom. The summed E-state index contributed by atoms with van der Waals surface area (Å²) in [7, 11) is 0. The zero-order valence-corrected chi connectivity index (χ0v) is 12.9. The minimum atomic E-state index is 0.151. The molecular formula is C13H12ClN3S2. The lowest BCUT2D eigenvalue weighted by atomic mass is 10.3. The molecule has 0 saturated heterocycles. The van der Waals surface area contributed by atoms with Gasteiger partial charge in [0.2, 0.25) is 0 Å². The van der Waals surface area contributed by atoms with E-state index in [1.165, 1.54) is 0 Å². The molecule has 1 atom stereocenters. The molecule has 0 bridgehead atoms. The number of anilines is 1. The van der Waals surface area contributed by atoms with Crippen molar-refractivity contribution in [3.63, 3.8) is 0 Å². The van der Waals surface area contributed by atoms with Gasteiger partial charge in [-0.1, -0.05) is 29.0 Å². The third-order valence-corrected chi connectivity index (χ3v) is 5.32. The lowest BCUT2D eigenvalue weighted by molar-refractivity contribution is 0.862. The molecule has 3 rings (SSSR count). The molecule has 0 fully saturated rings. The second-order valence-electron chi connectivity index (χ2n) is 4.30. The Kier molecular flexibility index (Phi) is 3.43.